The number of imidazole rings is 1. The number of carbonyl (C=O) groups is 1. The topological polar surface area (TPSA) is 81.9 Å². The molecule has 0 fully saturated rings. The van der Waals surface area contributed by atoms with Gasteiger partial charge in [-0.1, -0.05) is 17.7 Å². The summed E-state index contributed by atoms with van der Waals surface area (Å²) in [5.74, 6) is 0.0940. The van der Waals surface area contributed by atoms with Crippen molar-refractivity contribution >= 4 is 35.1 Å². The third-order valence-electron chi connectivity index (χ3n) is 2.06. The number of nitrogens with one attached hydrogen (secondary N) is 1. The van der Waals surface area contributed by atoms with Crippen LogP contribution in [0.5, 0.6) is 0 Å². The summed E-state index contributed by atoms with van der Waals surface area (Å²) in [5, 5.41) is 2.47. The summed E-state index contributed by atoms with van der Waals surface area (Å²) >= 11 is 5.92. The summed E-state index contributed by atoms with van der Waals surface area (Å²) in [6, 6.07) is 0. The molecule has 0 aliphatic rings. The van der Waals surface area contributed by atoms with Gasteiger partial charge in [-0.3, -0.25) is 10.1 Å². The van der Waals surface area contributed by atoms with E-state index >= 15 is 0 Å². The highest BCUT2D eigenvalue weighted by Crippen LogP contribution is 2.19. The lowest BCUT2D eigenvalue weighted by Crippen LogP contribution is -2.12. The van der Waals surface area contributed by atoms with Crippen LogP contribution < -0.4 is 10.2 Å². The lowest BCUT2D eigenvalue weighted by Gasteiger charge is -2.05. The van der Waals surface area contributed by atoms with Gasteiger partial charge in [0.1, 0.15) is 18.5 Å². The van der Waals surface area contributed by atoms with Crippen LogP contribution in [-0.4, -0.2) is 32.7 Å². The molecule has 0 aromatic carbocycles. The van der Waals surface area contributed by atoms with Gasteiger partial charge in [0.05, 0.1) is 0 Å². The van der Waals surface area contributed by atoms with Crippen molar-refractivity contribution in [3.63, 3.8) is 0 Å². The molecule has 0 radical (unpaired) electrons. The molecule has 0 spiro atoms. The Kier molecular flexibility index (Phi) is 3.73. The molecule has 0 atom stereocenters. The molecule has 7 nitrogen and oxygen atoms in total. The van der Waals surface area contributed by atoms with Crippen molar-refractivity contribution in [3.8, 4) is 0 Å². The molecule has 2 rings (SSSR count). The molecule has 8 heteroatoms. The van der Waals surface area contributed by atoms with E-state index in [1.54, 1.807) is 6.08 Å². The van der Waals surface area contributed by atoms with Gasteiger partial charge in [0, 0.05) is 6.42 Å². The van der Waals surface area contributed by atoms with Crippen LogP contribution in [0.1, 0.15) is 6.42 Å². The molecule has 0 aliphatic heterocycles. The summed E-state index contributed by atoms with van der Waals surface area (Å²) in [4.78, 5) is 27.7. The Balaban J connectivity index is 2.36. The van der Waals surface area contributed by atoms with E-state index in [0.29, 0.717) is 30.6 Å². The molecule has 94 valence electrons. The van der Waals surface area contributed by atoms with Crippen LogP contribution in [-0.2, 0) is 4.79 Å². The highest BCUT2D eigenvalue weighted by Gasteiger charge is 2.12. The van der Waals surface area contributed by atoms with Crippen LogP contribution in [0.25, 0.3) is 11.2 Å². The molecule has 18 heavy (non-hydrogen) atoms. The second-order valence-electron chi connectivity index (χ2n) is 3.25. The second kappa shape index (κ2) is 5.46. The van der Waals surface area contributed by atoms with Crippen molar-refractivity contribution < 1.29 is 9.63 Å². The number of amides is 1. The Morgan fingerprint density at radius 3 is 3.11 bits per heavy atom. The minimum Gasteiger partial charge on any atom is -0.410 e. The normalized spacial score (nSPS) is 10.3. The molecule has 2 heterocycles. The van der Waals surface area contributed by atoms with Crippen LogP contribution in [0.3, 0.4) is 0 Å². The van der Waals surface area contributed by atoms with Crippen LogP contribution in [0.2, 0.25) is 5.15 Å². The molecule has 2 aromatic heterocycles. The van der Waals surface area contributed by atoms with E-state index in [9.17, 15) is 4.79 Å². The van der Waals surface area contributed by atoms with Crippen LogP contribution in [0.15, 0.2) is 19.0 Å². The summed E-state index contributed by atoms with van der Waals surface area (Å²) in [6.07, 6.45) is 4.34. The Morgan fingerprint density at radius 2 is 2.39 bits per heavy atom. The van der Waals surface area contributed by atoms with Gasteiger partial charge in [-0.15, -0.1) is 6.58 Å². The second-order valence-corrected chi connectivity index (χ2v) is 3.61. The van der Waals surface area contributed by atoms with Gasteiger partial charge >= 0.3 is 0 Å². The lowest BCUT2D eigenvalue weighted by molar-refractivity contribution is -0.105. The first-order valence-electron chi connectivity index (χ1n) is 5.11. The number of nitrogens with zero attached hydrogens (tertiary/aromatic N) is 4. The molecule has 2 aromatic rings. The molecular formula is C10H10ClN5O2. The van der Waals surface area contributed by atoms with Crippen molar-refractivity contribution in [1.29, 1.82) is 0 Å². The maximum atomic E-state index is 10.4. The summed E-state index contributed by atoms with van der Waals surface area (Å²) < 4.78 is 1.38. The highest BCUT2D eigenvalue weighted by atomic mass is 35.5. The van der Waals surface area contributed by atoms with Gasteiger partial charge in [-0.25, -0.2) is 4.98 Å². The Bertz CT molecular complexity index is 583. The van der Waals surface area contributed by atoms with Crippen molar-refractivity contribution in [3.05, 3.63) is 24.1 Å². The average molecular weight is 268 g/mol. The van der Waals surface area contributed by atoms with Crippen molar-refractivity contribution in [2.24, 2.45) is 0 Å². The van der Waals surface area contributed by atoms with Crippen LogP contribution in [0.4, 0.5) is 5.95 Å². The smallest absolute Gasteiger partial charge is 0.232 e. The van der Waals surface area contributed by atoms with Crippen molar-refractivity contribution in [2.45, 2.75) is 6.42 Å². The molecule has 0 unspecified atom stereocenters. The van der Waals surface area contributed by atoms with E-state index in [0.717, 1.165) is 0 Å². The highest BCUT2D eigenvalue weighted by molar-refractivity contribution is 6.33. The molecule has 0 bridgehead atoms. The van der Waals surface area contributed by atoms with Gasteiger partial charge < -0.3 is 4.84 Å². The van der Waals surface area contributed by atoms with Crippen LogP contribution >= 0.6 is 11.6 Å². The molecular weight excluding hydrogens is 258 g/mol. The predicted molar refractivity (Wildman–Crippen MR) is 66.3 cm³/mol. The molecule has 0 saturated heterocycles. The standard InChI is InChI=1S/C10H10ClN5O2/c1-2-3-4-18-16-5-12-7-8(11)14-10(13-6-17)15-9(7)16/h2,5-6H,1,3-4H2,(H,13,14,15,17). The summed E-state index contributed by atoms with van der Waals surface area (Å²) in [6.45, 7) is 4.03. The zero-order chi connectivity index (χ0) is 13.0. The minimum atomic E-state index is 0.0940. The van der Waals surface area contributed by atoms with Gasteiger partial charge in [0.15, 0.2) is 5.15 Å². The monoisotopic (exact) mass is 267 g/mol. The minimum absolute atomic E-state index is 0.0940. The first kappa shape index (κ1) is 12.3. The van der Waals surface area contributed by atoms with Crippen LogP contribution in [0, 0.1) is 0 Å². The predicted octanol–water partition coefficient (Wildman–Crippen LogP) is 1.05. The maximum Gasteiger partial charge on any atom is 0.232 e. The third kappa shape index (κ3) is 2.40. The van der Waals surface area contributed by atoms with E-state index in [1.165, 1.54) is 11.1 Å². The average Bonchev–Trinajstić information content (AvgIpc) is 2.74. The van der Waals surface area contributed by atoms with E-state index in [2.05, 4.69) is 26.8 Å². The van der Waals surface area contributed by atoms with E-state index < -0.39 is 0 Å². The number of hydrogen-bond donors (Lipinski definition) is 1. The molecule has 1 N–H and O–H groups in total. The quantitative estimate of drug-likeness (QED) is 0.366. The number of carbonyl (C=O) groups excluding carboxylic acids is 1. The summed E-state index contributed by atoms with van der Waals surface area (Å²) in [5.41, 5.74) is 0.801. The fourth-order valence-corrected chi connectivity index (χ4v) is 1.51. The first-order valence-corrected chi connectivity index (χ1v) is 5.49. The number of fused-ring (bicyclic) bond motifs is 1. The number of aromatic nitrogens is 4. The fourth-order valence-electron chi connectivity index (χ4n) is 1.29. The number of hydrogen-bond acceptors (Lipinski definition) is 5. The number of rotatable bonds is 6. The lowest BCUT2D eigenvalue weighted by atomic mass is 10.5. The van der Waals surface area contributed by atoms with Crippen molar-refractivity contribution in [1.82, 2.24) is 19.7 Å². The van der Waals surface area contributed by atoms with Gasteiger partial charge in [0.25, 0.3) is 0 Å². The fraction of sp³-hybridized carbons (Fsp3) is 0.200. The van der Waals surface area contributed by atoms with Gasteiger partial charge in [-0.2, -0.15) is 14.7 Å². The molecule has 0 aliphatic carbocycles. The first-order chi connectivity index (χ1) is 8.76. The van der Waals surface area contributed by atoms with Gasteiger partial charge in [-0.05, 0) is 0 Å². The maximum absolute atomic E-state index is 10.4. The third-order valence-corrected chi connectivity index (χ3v) is 2.33. The number of halogens is 1. The Hall–Kier alpha value is -2.15. The van der Waals surface area contributed by atoms with Gasteiger partial charge in [0.2, 0.25) is 18.0 Å². The Morgan fingerprint density at radius 1 is 1.56 bits per heavy atom. The van der Waals surface area contributed by atoms with E-state index in [1.807, 2.05) is 0 Å². The molecule has 1 amide bonds. The SMILES string of the molecule is C=CCCOn1cnc2c(Cl)nc(NC=O)nc21. The zero-order valence-corrected chi connectivity index (χ0v) is 10.1. The van der Waals surface area contributed by atoms with E-state index in [4.69, 9.17) is 16.4 Å². The van der Waals surface area contributed by atoms with Crippen molar-refractivity contribution in [2.75, 3.05) is 11.9 Å². The molecule has 0 saturated carbocycles. The number of anilines is 1. The van der Waals surface area contributed by atoms with E-state index in [-0.39, 0.29) is 11.1 Å². The Labute approximate surface area is 107 Å². The summed E-state index contributed by atoms with van der Waals surface area (Å²) in [7, 11) is 0. The largest absolute Gasteiger partial charge is 0.410 e. The zero-order valence-electron chi connectivity index (χ0n) is 9.34.